The van der Waals surface area contributed by atoms with E-state index in [9.17, 15) is 18.4 Å². The number of pyridine rings is 1. The van der Waals surface area contributed by atoms with Crippen molar-refractivity contribution in [3.63, 3.8) is 0 Å². The lowest BCUT2D eigenvalue weighted by Gasteiger charge is -2.19. The maximum Gasteiger partial charge on any atom is 0.270 e. The number of ketones is 1. The van der Waals surface area contributed by atoms with Gasteiger partial charge in [0.15, 0.2) is 17.4 Å². The second-order valence-corrected chi connectivity index (χ2v) is 9.89. The second kappa shape index (κ2) is 11.1. The Balaban J connectivity index is 1.39. The zero-order valence-electron chi connectivity index (χ0n) is 21.9. The highest BCUT2D eigenvalue weighted by molar-refractivity contribution is 5.97. The summed E-state index contributed by atoms with van der Waals surface area (Å²) in [4.78, 5) is 39.3. The Kier molecular flexibility index (Phi) is 7.45. The Morgan fingerprint density at radius 1 is 1.00 bits per heavy atom. The first-order chi connectivity index (χ1) is 19.2. The van der Waals surface area contributed by atoms with E-state index >= 15 is 0 Å². The molecular formula is C29H27F2N7O2. The number of nitrogen functional groups attached to an aromatic ring is 1. The van der Waals surface area contributed by atoms with Crippen molar-refractivity contribution in [2.75, 3.05) is 5.73 Å². The molecule has 1 atom stereocenters. The van der Waals surface area contributed by atoms with E-state index < -0.39 is 23.6 Å². The van der Waals surface area contributed by atoms with Gasteiger partial charge < -0.3 is 11.1 Å². The average Bonchev–Trinajstić information content (AvgIpc) is 3.41. The minimum atomic E-state index is -1.03. The minimum absolute atomic E-state index is 0.0199. The fraction of sp³-hybridized carbons (Fsp3) is 0.241. The molecule has 0 bridgehead atoms. The highest BCUT2D eigenvalue weighted by atomic mass is 19.2. The molecule has 0 saturated heterocycles. The standard InChI is InChI=1S/C29H27F2N7O2/c1-16(2)25-14-24(37-29-34-15-35-38(25)29)28(40)36-23(13-18-4-7-21(30)22(31)12-18)26(39)8-5-17-3-6-20-19(11-17)9-10-33-27(20)32/h3-4,6-7,9-12,14-16,23H,5,8,13H2,1-2H3,(H2,32,33)(H,36,40)/t23-/m0/s1. The number of rotatable bonds is 9. The summed E-state index contributed by atoms with van der Waals surface area (Å²) >= 11 is 0. The molecule has 2 aromatic carbocycles. The van der Waals surface area contributed by atoms with Gasteiger partial charge in [0.1, 0.15) is 17.8 Å². The number of benzene rings is 2. The normalized spacial score (nSPS) is 12.2. The molecule has 3 heterocycles. The molecule has 0 unspecified atom stereocenters. The number of fused-ring (bicyclic) bond motifs is 2. The number of aromatic nitrogens is 5. The Hall–Kier alpha value is -4.80. The van der Waals surface area contributed by atoms with Crippen LogP contribution in [-0.2, 0) is 17.6 Å². The van der Waals surface area contributed by atoms with Gasteiger partial charge in [0, 0.05) is 18.0 Å². The minimum Gasteiger partial charge on any atom is -0.383 e. The Labute approximate surface area is 228 Å². The number of anilines is 1. The van der Waals surface area contributed by atoms with Crippen LogP contribution >= 0.6 is 0 Å². The molecule has 0 saturated carbocycles. The van der Waals surface area contributed by atoms with Gasteiger partial charge >= 0.3 is 0 Å². The van der Waals surface area contributed by atoms with Crippen LogP contribution in [0.1, 0.15) is 53.5 Å². The first-order valence-corrected chi connectivity index (χ1v) is 12.8. The van der Waals surface area contributed by atoms with Gasteiger partial charge in [0.25, 0.3) is 11.7 Å². The van der Waals surface area contributed by atoms with Crippen molar-refractivity contribution in [1.82, 2.24) is 29.9 Å². The third kappa shape index (κ3) is 5.63. The lowest BCUT2D eigenvalue weighted by molar-refractivity contribution is -0.120. The quantitative estimate of drug-likeness (QED) is 0.285. The van der Waals surface area contributed by atoms with E-state index in [2.05, 4.69) is 25.4 Å². The number of hydrogen-bond donors (Lipinski definition) is 2. The topological polar surface area (TPSA) is 128 Å². The fourth-order valence-corrected chi connectivity index (χ4v) is 4.59. The van der Waals surface area contributed by atoms with Crippen LogP contribution in [0.2, 0.25) is 0 Å². The zero-order valence-corrected chi connectivity index (χ0v) is 21.9. The highest BCUT2D eigenvalue weighted by Gasteiger charge is 2.24. The molecule has 0 aliphatic carbocycles. The summed E-state index contributed by atoms with van der Waals surface area (Å²) in [7, 11) is 0. The molecule has 0 aliphatic heterocycles. The summed E-state index contributed by atoms with van der Waals surface area (Å²) < 4.78 is 29.0. The van der Waals surface area contributed by atoms with Crippen LogP contribution in [0.25, 0.3) is 16.6 Å². The van der Waals surface area contributed by atoms with Crippen molar-refractivity contribution >= 4 is 34.1 Å². The molecule has 0 radical (unpaired) electrons. The van der Waals surface area contributed by atoms with E-state index in [0.717, 1.165) is 34.2 Å². The van der Waals surface area contributed by atoms with E-state index in [4.69, 9.17) is 5.73 Å². The number of amides is 1. The summed E-state index contributed by atoms with van der Waals surface area (Å²) in [6.45, 7) is 3.90. The Morgan fingerprint density at radius 2 is 1.80 bits per heavy atom. The number of hydrogen-bond acceptors (Lipinski definition) is 7. The van der Waals surface area contributed by atoms with Gasteiger partial charge in [-0.25, -0.2) is 23.3 Å². The van der Waals surface area contributed by atoms with Gasteiger partial charge in [0.2, 0.25) is 0 Å². The van der Waals surface area contributed by atoms with E-state index in [1.54, 1.807) is 16.8 Å². The molecule has 3 aromatic heterocycles. The van der Waals surface area contributed by atoms with E-state index in [1.807, 2.05) is 38.1 Å². The number of Topliss-reactive ketones (excluding diaryl/α,β-unsaturated/α-hetero) is 1. The maximum atomic E-state index is 13.9. The molecule has 204 valence electrons. The molecule has 0 fully saturated rings. The smallest absolute Gasteiger partial charge is 0.270 e. The average molecular weight is 544 g/mol. The molecule has 9 nitrogen and oxygen atoms in total. The third-order valence-electron chi connectivity index (χ3n) is 6.74. The number of nitrogens with two attached hydrogens (primary N) is 1. The van der Waals surface area contributed by atoms with Gasteiger partial charge in [-0.1, -0.05) is 38.1 Å². The van der Waals surface area contributed by atoms with Gasteiger partial charge in [0.05, 0.1) is 11.7 Å². The van der Waals surface area contributed by atoms with Crippen LogP contribution in [0, 0.1) is 11.6 Å². The Morgan fingerprint density at radius 3 is 2.58 bits per heavy atom. The lowest BCUT2D eigenvalue weighted by Crippen LogP contribution is -2.43. The van der Waals surface area contributed by atoms with Gasteiger partial charge in [-0.3, -0.25) is 9.59 Å². The number of halogens is 2. The van der Waals surface area contributed by atoms with Crippen LogP contribution < -0.4 is 11.1 Å². The number of nitrogens with zero attached hydrogens (tertiary/aromatic N) is 5. The third-order valence-corrected chi connectivity index (χ3v) is 6.74. The summed E-state index contributed by atoms with van der Waals surface area (Å²) in [5.41, 5.74) is 8.02. The first-order valence-electron chi connectivity index (χ1n) is 12.8. The fourth-order valence-electron chi connectivity index (χ4n) is 4.59. The highest BCUT2D eigenvalue weighted by Crippen LogP contribution is 2.21. The van der Waals surface area contributed by atoms with Crippen LogP contribution in [0.4, 0.5) is 14.6 Å². The molecule has 40 heavy (non-hydrogen) atoms. The van der Waals surface area contributed by atoms with Gasteiger partial charge in [-0.15, -0.1) is 0 Å². The van der Waals surface area contributed by atoms with Crippen molar-refractivity contribution in [1.29, 1.82) is 0 Å². The van der Waals surface area contributed by atoms with Crippen LogP contribution in [-0.4, -0.2) is 42.3 Å². The van der Waals surface area contributed by atoms with Crippen molar-refractivity contribution in [3.05, 3.63) is 95.2 Å². The summed E-state index contributed by atoms with van der Waals surface area (Å²) in [5, 5.41) is 8.64. The number of aryl methyl sites for hydroxylation is 1. The van der Waals surface area contributed by atoms with Crippen LogP contribution in [0.15, 0.2) is 61.1 Å². The zero-order chi connectivity index (χ0) is 28.4. The largest absolute Gasteiger partial charge is 0.383 e. The molecule has 5 rings (SSSR count). The van der Waals surface area contributed by atoms with Gasteiger partial charge in [-0.2, -0.15) is 10.1 Å². The second-order valence-electron chi connectivity index (χ2n) is 9.89. The van der Waals surface area contributed by atoms with Gasteiger partial charge in [-0.05, 0) is 59.5 Å². The molecule has 5 aromatic rings. The molecule has 11 heteroatoms. The van der Waals surface area contributed by atoms with E-state index in [1.165, 1.54) is 12.4 Å². The predicted octanol–water partition coefficient (Wildman–Crippen LogP) is 4.20. The van der Waals surface area contributed by atoms with Crippen LogP contribution in [0.3, 0.4) is 0 Å². The number of nitrogens with one attached hydrogen (secondary N) is 1. The summed E-state index contributed by atoms with van der Waals surface area (Å²) in [5.74, 6) is -2.16. The maximum absolute atomic E-state index is 13.9. The SMILES string of the molecule is CC(C)c1cc(C(=O)N[C@@H](Cc2ccc(F)c(F)c2)C(=O)CCc2ccc3c(N)nccc3c2)nc2ncnn12. The lowest BCUT2D eigenvalue weighted by atomic mass is 9.96. The summed E-state index contributed by atoms with van der Waals surface area (Å²) in [6.07, 6.45) is 3.46. The van der Waals surface area contributed by atoms with E-state index in [-0.39, 0.29) is 36.0 Å². The molecular weight excluding hydrogens is 516 g/mol. The molecule has 3 N–H and O–H groups in total. The van der Waals surface area contributed by atoms with E-state index in [0.29, 0.717) is 17.8 Å². The van der Waals surface area contributed by atoms with Crippen LogP contribution in [0.5, 0.6) is 0 Å². The number of carbonyl (C=O) groups is 2. The van der Waals surface area contributed by atoms with Crippen molar-refractivity contribution in [2.45, 2.75) is 45.1 Å². The van der Waals surface area contributed by atoms with Crippen molar-refractivity contribution < 1.29 is 18.4 Å². The van der Waals surface area contributed by atoms with Crippen molar-refractivity contribution in [2.24, 2.45) is 0 Å². The monoisotopic (exact) mass is 543 g/mol. The predicted molar refractivity (Wildman–Crippen MR) is 146 cm³/mol. The molecule has 0 aliphatic rings. The first kappa shape index (κ1) is 26.8. The summed E-state index contributed by atoms with van der Waals surface area (Å²) in [6, 6.07) is 11.5. The molecule has 1 amide bonds. The Bertz CT molecular complexity index is 1730. The van der Waals surface area contributed by atoms with Crippen molar-refractivity contribution in [3.8, 4) is 0 Å². The number of carbonyl (C=O) groups excluding carboxylic acids is 2. The molecule has 0 spiro atoms.